The van der Waals surface area contributed by atoms with Gasteiger partial charge in [-0.15, -0.1) is 0 Å². The van der Waals surface area contributed by atoms with Gasteiger partial charge in [-0.05, 0) is 49.4 Å². The molecule has 0 fully saturated rings. The lowest BCUT2D eigenvalue weighted by atomic mass is 10.1. The van der Waals surface area contributed by atoms with Crippen LogP contribution in [-0.2, 0) is 14.8 Å². The van der Waals surface area contributed by atoms with Crippen molar-refractivity contribution < 1.29 is 13.2 Å². The maximum absolute atomic E-state index is 12.1. The van der Waals surface area contributed by atoms with E-state index in [9.17, 15) is 13.2 Å². The van der Waals surface area contributed by atoms with Crippen LogP contribution in [0, 0.1) is 0 Å². The van der Waals surface area contributed by atoms with E-state index in [0.29, 0.717) is 27.6 Å². The average molecular weight is 364 g/mol. The zero-order chi connectivity index (χ0) is 17.3. The molecule has 0 bridgehead atoms. The molecule has 2 N–H and O–H groups in total. The molecule has 3 rings (SSSR count). The van der Waals surface area contributed by atoms with Gasteiger partial charge in [-0.3, -0.25) is 9.52 Å². The highest BCUT2D eigenvalue weighted by Gasteiger charge is 2.26. The highest BCUT2D eigenvalue weighted by atomic mass is 35.5. The Kier molecular flexibility index (Phi) is 4.29. The summed E-state index contributed by atoms with van der Waals surface area (Å²) in [7, 11) is -3.39. The number of carbonyl (C=O) groups excluding carboxylic acids is 1. The Bertz CT molecular complexity index is 938. The number of halogens is 1. The number of nitrogens with zero attached hydrogens (tertiary/aromatic N) is 1. The number of nitrogens with one attached hydrogen (secondary N) is 2. The molecule has 0 spiro atoms. The first-order valence-corrected chi connectivity index (χ1v) is 9.21. The summed E-state index contributed by atoms with van der Waals surface area (Å²) < 4.78 is 25.9. The number of hydrogen-bond donors (Lipinski definition) is 2. The highest BCUT2D eigenvalue weighted by molar-refractivity contribution is 7.92. The lowest BCUT2D eigenvalue weighted by Gasteiger charge is -2.07. The van der Waals surface area contributed by atoms with Gasteiger partial charge in [0, 0.05) is 16.3 Å². The molecule has 2 aromatic rings. The summed E-state index contributed by atoms with van der Waals surface area (Å²) in [6.45, 7) is 1.55. The van der Waals surface area contributed by atoms with Gasteiger partial charge in [0.1, 0.15) is 5.71 Å². The number of amides is 1. The Labute approximate surface area is 144 Å². The minimum Gasteiger partial charge on any atom is -0.320 e. The minimum absolute atomic E-state index is 0.0347. The summed E-state index contributed by atoms with van der Waals surface area (Å²) >= 11 is 5.84. The average Bonchev–Trinajstić information content (AvgIpc) is 2.85. The predicted molar refractivity (Wildman–Crippen MR) is 95.8 cm³/mol. The standard InChI is InChI=1S/C16H14ClN3O3S/c1-2-24(22,23)20-12-7-8-14-13(9-12)15(16(21)19-14)18-11-5-3-10(17)4-6-11/h3-9,20H,2H2,1H3,(H,18,19,21). The summed E-state index contributed by atoms with van der Waals surface area (Å²) in [6, 6.07) is 11.6. The van der Waals surface area contributed by atoms with Crippen LogP contribution in [-0.4, -0.2) is 25.8 Å². The molecule has 0 atom stereocenters. The molecule has 8 heteroatoms. The van der Waals surface area contributed by atoms with E-state index in [1.807, 2.05) is 0 Å². The number of carbonyl (C=O) groups is 1. The van der Waals surface area contributed by atoms with E-state index in [4.69, 9.17) is 11.6 Å². The number of benzene rings is 2. The van der Waals surface area contributed by atoms with Crippen LogP contribution < -0.4 is 10.0 Å². The molecule has 0 aliphatic carbocycles. The third kappa shape index (κ3) is 3.42. The number of sulfonamides is 1. The fraction of sp³-hybridized carbons (Fsp3) is 0.125. The van der Waals surface area contributed by atoms with Gasteiger partial charge in [0.25, 0.3) is 5.91 Å². The van der Waals surface area contributed by atoms with Gasteiger partial charge in [-0.2, -0.15) is 0 Å². The van der Waals surface area contributed by atoms with Gasteiger partial charge in [0.15, 0.2) is 0 Å². The smallest absolute Gasteiger partial charge is 0.275 e. The summed E-state index contributed by atoms with van der Waals surface area (Å²) in [5.41, 5.74) is 2.33. The Morgan fingerprint density at radius 3 is 2.54 bits per heavy atom. The maximum Gasteiger partial charge on any atom is 0.275 e. The monoisotopic (exact) mass is 363 g/mol. The number of anilines is 2. The van der Waals surface area contributed by atoms with E-state index in [1.54, 1.807) is 49.4 Å². The molecular formula is C16H14ClN3O3S. The van der Waals surface area contributed by atoms with E-state index in [-0.39, 0.29) is 17.4 Å². The van der Waals surface area contributed by atoms with Crippen molar-refractivity contribution in [2.24, 2.45) is 4.99 Å². The highest BCUT2D eigenvalue weighted by Crippen LogP contribution is 2.29. The van der Waals surface area contributed by atoms with Gasteiger partial charge in [0.05, 0.1) is 17.1 Å². The van der Waals surface area contributed by atoms with Crippen LogP contribution in [0.5, 0.6) is 0 Å². The second-order valence-corrected chi connectivity index (χ2v) is 7.60. The fourth-order valence-corrected chi connectivity index (χ4v) is 2.98. The lowest BCUT2D eigenvalue weighted by Crippen LogP contribution is -2.15. The van der Waals surface area contributed by atoms with Crippen LogP contribution in [0.4, 0.5) is 17.1 Å². The Hall–Kier alpha value is -2.38. The third-order valence-electron chi connectivity index (χ3n) is 3.46. The SMILES string of the molecule is CCS(=O)(=O)Nc1ccc2c(c1)C(=Nc1ccc(Cl)cc1)C(=O)N2. The third-order valence-corrected chi connectivity index (χ3v) is 5.02. The number of hydrogen-bond acceptors (Lipinski definition) is 4. The second-order valence-electron chi connectivity index (χ2n) is 5.16. The Morgan fingerprint density at radius 1 is 1.17 bits per heavy atom. The summed E-state index contributed by atoms with van der Waals surface area (Å²) in [4.78, 5) is 16.5. The molecule has 0 radical (unpaired) electrons. The van der Waals surface area contributed by atoms with Crippen LogP contribution in [0.3, 0.4) is 0 Å². The Balaban J connectivity index is 2.00. The summed E-state index contributed by atoms with van der Waals surface area (Å²) in [5, 5.41) is 3.29. The van der Waals surface area contributed by atoms with Crippen LogP contribution in [0.2, 0.25) is 5.02 Å². The minimum atomic E-state index is -3.39. The van der Waals surface area contributed by atoms with Gasteiger partial charge < -0.3 is 5.32 Å². The molecular weight excluding hydrogens is 350 g/mol. The summed E-state index contributed by atoms with van der Waals surface area (Å²) in [6.07, 6.45) is 0. The van der Waals surface area contributed by atoms with E-state index in [0.717, 1.165) is 0 Å². The fourth-order valence-electron chi connectivity index (χ4n) is 2.22. The zero-order valence-electron chi connectivity index (χ0n) is 12.7. The molecule has 0 saturated carbocycles. The van der Waals surface area contributed by atoms with Crippen molar-refractivity contribution in [2.75, 3.05) is 15.8 Å². The topological polar surface area (TPSA) is 87.6 Å². The lowest BCUT2D eigenvalue weighted by molar-refractivity contribution is -0.110. The van der Waals surface area contributed by atoms with Gasteiger partial charge in [-0.25, -0.2) is 13.4 Å². The van der Waals surface area contributed by atoms with Crippen LogP contribution in [0.25, 0.3) is 0 Å². The quantitative estimate of drug-likeness (QED) is 0.874. The first-order chi connectivity index (χ1) is 11.4. The molecule has 0 aromatic heterocycles. The van der Waals surface area contributed by atoms with Gasteiger partial charge in [0.2, 0.25) is 10.0 Å². The maximum atomic E-state index is 12.1. The van der Waals surface area contributed by atoms with Crippen molar-refractivity contribution in [3.05, 3.63) is 53.1 Å². The first-order valence-electron chi connectivity index (χ1n) is 7.18. The van der Waals surface area contributed by atoms with Crippen molar-refractivity contribution in [2.45, 2.75) is 6.92 Å². The molecule has 1 heterocycles. The molecule has 1 amide bonds. The van der Waals surface area contributed by atoms with Crippen LogP contribution >= 0.6 is 11.6 Å². The van der Waals surface area contributed by atoms with Gasteiger partial charge in [-0.1, -0.05) is 11.6 Å². The Morgan fingerprint density at radius 2 is 1.88 bits per heavy atom. The van der Waals surface area contributed by atoms with Crippen molar-refractivity contribution in [1.29, 1.82) is 0 Å². The summed E-state index contributed by atoms with van der Waals surface area (Å²) in [5.74, 6) is -0.372. The van der Waals surface area contributed by atoms with Crippen molar-refractivity contribution in [3.8, 4) is 0 Å². The van der Waals surface area contributed by atoms with Crippen molar-refractivity contribution in [1.82, 2.24) is 0 Å². The number of rotatable bonds is 4. The van der Waals surface area contributed by atoms with E-state index >= 15 is 0 Å². The van der Waals surface area contributed by atoms with Gasteiger partial charge >= 0.3 is 0 Å². The largest absolute Gasteiger partial charge is 0.320 e. The second kappa shape index (κ2) is 6.26. The molecule has 124 valence electrons. The zero-order valence-corrected chi connectivity index (χ0v) is 14.3. The van der Waals surface area contributed by atoms with E-state index in [2.05, 4.69) is 15.0 Å². The molecule has 6 nitrogen and oxygen atoms in total. The number of fused-ring (bicyclic) bond motifs is 1. The normalized spacial score (nSPS) is 15.2. The molecule has 1 aliphatic heterocycles. The van der Waals surface area contributed by atoms with Crippen molar-refractivity contribution >= 4 is 50.3 Å². The van der Waals surface area contributed by atoms with Crippen LogP contribution in [0.1, 0.15) is 12.5 Å². The molecule has 24 heavy (non-hydrogen) atoms. The molecule has 1 aliphatic rings. The van der Waals surface area contributed by atoms with E-state index in [1.165, 1.54) is 0 Å². The van der Waals surface area contributed by atoms with Crippen LogP contribution in [0.15, 0.2) is 47.5 Å². The predicted octanol–water partition coefficient (Wildman–Crippen LogP) is 3.17. The van der Waals surface area contributed by atoms with Crippen molar-refractivity contribution in [3.63, 3.8) is 0 Å². The van der Waals surface area contributed by atoms with E-state index < -0.39 is 10.0 Å². The molecule has 2 aromatic carbocycles. The first kappa shape index (κ1) is 16.5. The molecule has 0 unspecified atom stereocenters. The molecule has 0 saturated heterocycles. The number of aliphatic imine (C=N–C) groups is 1.